The van der Waals surface area contributed by atoms with Crippen molar-refractivity contribution in [3.8, 4) is 0 Å². The predicted molar refractivity (Wildman–Crippen MR) is 115 cm³/mol. The van der Waals surface area contributed by atoms with E-state index in [1.807, 2.05) is 12.1 Å². The van der Waals surface area contributed by atoms with Gasteiger partial charge in [-0.05, 0) is 80.3 Å². The number of amides is 1. The van der Waals surface area contributed by atoms with Gasteiger partial charge in [-0.25, -0.2) is 14.4 Å². The number of nitrogens with zero attached hydrogens (tertiary/aromatic N) is 2. The standard InChI is InChI=1S/C22H24FN5O/c1-3-21(29)28-19-12-17-20(11-15(19)6-4-5-9-24)25-13-26-22(17)27-16-7-8-18(23)14(2)10-16/h3,7-8,10-13H,1,4-6,9,24H2,2H3,(H,28,29)(H,25,26,27). The molecule has 0 aliphatic carbocycles. The highest BCUT2D eigenvalue weighted by Gasteiger charge is 2.12. The smallest absolute Gasteiger partial charge is 0.247 e. The molecule has 0 radical (unpaired) electrons. The molecule has 0 bridgehead atoms. The van der Waals surface area contributed by atoms with E-state index >= 15 is 0 Å². The maximum atomic E-state index is 13.6. The number of fused-ring (bicyclic) bond motifs is 1. The fourth-order valence-corrected chi connectivity index (χ4v) is 3.07. The van der Waals surface area contributed by atoms with E-state index in [0.29, 0.717) is 29.3 Å². The number of carbonyl (C=O) groups is 1. The lowest BCUT2D eigenvalue weighted by molar-refractivity contribution is -0.111. The Morgan fingerprint density at radius 1 is 1.24 bits per heavy atom. The van der Waals surface area contributed by atoms with E-state index in [-0.39, 0.29) is 11.7 Å². The summed E-state index contributed by atoms with van der Waals surface area (Å²) in [4.78, 5) is 20.6. The Bertz CT molecular complexity index is 1050. The molecule has 1 amide bonds. The normalized spacial score (nSPS) is 10.7. The summed E-state index contributed by atoms with van der Waals surface area (Å²) in [5.41, 5.74) is 9.27. The van der Waals surface area contributed by atoms with Gasteiger partial charge >= 0.3 is 0 Å². The van der Waals surface area contributed by atoms with Gasteiger partial charge in [-0.1, -0.05) is 6.58 Å². The zero-order valence-electron chi connectivity index (χ0n) is 16.3. The van der Waals surface area contributed by atoms with Crippen molar-refractivity contribution >= 4 is 34.0 Å². The Hall–Kier alpha value is -3.32. The molecule has 0 fully saturated rings. The minimum Gasteiger partial charge on any atom is -0.340 e. The maximum absolute atomic E-state index is 13.6. The molecule has 6 nitrogen and oxygen atoms in total. The van der Waals surface area contributed by atoms with E-state index in [1.54, 1.807) is 19.1 Å². The number of hydrogen-bond acceptors (Lipinski definition) is 5. The second kappa shape index (κ2) is 9.25. The highest BCUT2D eigenvalue weighted by Crippen LogP contribution is 2.30. The van der Waals surface area contributed by atoms with Crippen LogP contribution in [0.1, 0.15) is 24.0 Å². The second-order valence-electron chi connectivity index (χ2n) is 6.78. The van der Waals surface area contributed by atoms with Crippen LogP contribution >= 0.6 is 0 Å². The highest BCUT2D eigenvalue weighted by molar-refractivity contribution is 6.02. The number of halogens is 1. The van der Waals surface area contributed by atoms with Crippen LogP contribution in [0, 0.1) is 12.7 Å². The first-order valence-electron chi connectivity index (χ1n) is 9.46. The van der Waals surface area contributed by atoms with Crippen LogP contribution in [0.5, 0.6) is 0 Å². The summed E-state index contributed by atoms with van der Waals surface area (Å²) in [6, 6.07) is 8.58. The van der Waals surface area contributed by atoms with Crippen LogP contribution in [0.3, 0.4) is 0 Å². The summed E-state index contributed by atoms with van der Waals surface area (Å²) in [7, 11) is 0. The summed E-state index contributed by atoms with van der Waals surface area (Å²) >= 11 is 0. The molecule has 0 spiro atoms. The molecule has 7 heteroatoms. The van der Waals surface area contributed by atoms with Gasteiger partial charge < -0.3 is 16.4 Å². The molecule has 29 heavy (non-hydrogen) atoms. The van der Waals surface area contributed by atoms with Gasteiger partial charge in [-0.2, -0.15) is 0 Å². The van der Waals surface area contributed by atoms with E-state index in [9.17, 15) is 9.18 Å². The van der Waals surface area contributed by atoms with Crippen LogP contribution in [0.4, 0.5) is 21.6 Å². The van der Waals surface area contributed by atoms with Gasteiger partial charge in [0, 0.05) is 16.8 Å². The molecule has 4 N–H and O–H groups in total. The third-order valence-electron chi connectivity index (χ3n) is 4.62. The van der Waals surface area contributed by atoms with Gasteiger partial charge in [0.15, 0.2) is 0 Å². The summed E-state index contributed by atoms with van der Waals surface area (Å²) in [6.07, 6.45) is 5.28. The molecule has 1 aromatic heterocycles. The van der Waals surface area contributed by atoms with Gasteiger partial charge in [0.2, 0.25) is 5.91 Å². The first-order chi connectivity index (χ1) is 14.0. The van der Waals surface area contributed by atoms with Crippen LogP contribution in [0.25, 0.3) is 10.9 Å². The number of nitrogens with two attached hydrogens (primary N) is 1. The van der Waals surface area contributed by atoms with Gasteiger partial charge in [0.1, 0.15) is 18.0 Å². The van der Waals surface area contributed by atoms with Crippen molar-refractivity contribution in [1.82, 2.24) is 9.97 Å². The van der Waals surface area contributed by atoms with Crippen LogP contribution in [0.15, 0.2) is 49.3 Å². The van der Waals surface area contributed by atoms with Crippen LogP contribution in [-0.4, -0.2) is 22.4 Å². The number of carbonyl (C=O) groups excluding carboxylic acids is 1. The Balaban J connectivity index is 2.02. The molecule has 0 saturated heterocycles. The SMILES string of the molecule is C=CC(=O)Nc1cc2c(Nc3ccc(F)c(C)c3)ncnc2cc1CCCCN. The van der Waals surface area contributed by atoms with Crippen LogP contribution < -0.4 is 16.4 Å². The minimum absolute atomic E-state index is 0.264. The quantitative estimate of drug-likeness (QED) is 0.393. The molecular weight excluding hydrogens is 369 g/mol. The van der Waals surface area contributed by atoms with Crippen molar-refractivity contribution in [3.05, 3.63) is 66.3 Å². The molecule has 0 saturated carbocycles. The van der Waals surface area contributed by atoms with Crippen LogP contribution in [-0.2, 0) is 11.2 Å². The maximum Gasteiger partial charge on any atom is 0.247 e. The zero-order chi connectivity index (χ0) is 20.8. The molecular formula is C22H24FN5O. The molecule has 3 rings (SSSR count). The Morgan fingerprint density at radius 3 is 2.79 bits per heavy atom. The van der Waals surface area contributed by atoms with Gasteiger partial charge in [-0.3, -0.25) is 4.79 Å². The first kappa shape index (κ1) is 20.4. The second-order valence-corrected chi connectivity index (χ2v) is 6.78. The topological polar surface area (TPSA) is 92.9 Å². The average molecular weight is 393 g/mol. The van der Waals surface area contributed by atoms with Crippen molar-refractivity contribution in [2.24, 2.45) is 5.73 Å². The van der Waals surface area contributed by atoms with E-state index in [2.05, 4.69) is 27.2 Å². The number of aryl methyl sites for hydroxylation is 2. The van der Waals surface area contributed by atoms with Gasteiger partial charge in [-0.15, -0.1) is 0 Å². The summed E-state index contributed by atoms with van der Waals surface area (Å²) in [5, 5.41) is 6.83. The summed E-state index contributed by atoms with van der Waals surface area (Å²) in [6.45, 7) is 5.84. The third-order valence-corrected chi connectivity index (χ3v) is 4.62. The largest absolute Gasteiger partial charge is 0.340 e. The number of unbranched alkanes of at least 4 members (excludes halogenated alkanes) is 1. The van der Waals surface area contributed by atoms with Crippen molar-refractivity contribution in [2.75, 3.05) is 17.2 Å². The average Bonchev–Trinajstić information content (AvgIpc) is 2.71. The third kappa shape index (κ3) is 4.94. The number of aromatic nitrogens is 2. The lowest BCUT2D eigenvalue weighted by Crippen LogP contribution is -2.10. The Labute approximate surface area is 169 Å². The van der Waals surface area contributed by atoms with Crippen molar-refractivity contribution in [2.45, 2.75) is 26.2 Å². The van der Waals surface area contributed by atoms with E-state index in [4.69, 9.17) is 5.73 Å². The fraction of sp³-hybridized carbons (Fsp3) is 0.227. The zero-order valence-corrected chi connectivity index (χ0v) is 16.3. The molecule has 1 heterocycles. The number of hydrogen-bond donors (Lipinski definition) is 3. The number of anilines is 3. The highest BCUT2D eigenvalue weighted by atomic mass is 19.1. The molecule has 0 unspecified atom stereocenters. The van der Waals surface area contributed by atoms with Crippen molar-refractivity contribution in [3.63, 3.8) is 0 Å². The molecule has 150 valence electrons. The Kier molecular flexibility index (Phi) is 6.51. The molecule has 0 atom stereocenters. The summed E-state index contributed by atoms with van der Waals surface area (Å²) in [5.74, 6) is 0.0215. The molecule has 2 aromatic carbocycles. The summed E-state index contributed by atoms with van der Waals surface area (Å²) < 4.78 is 13.6. The van der Waals surface area contributed by atoms with E-state index in [0.717, 1.165) is 35.7 Å². The Morgan fingerprint density at radius 2 is 2.07 bits per heavy atom. The minimum atomic E-state index is -0.287. The fourth-order valence-electron chi connectivity index (χ4n) is 3.07. The molecule has 0 aliphatic heterocycles. The predicted octanol–water partition coefficient (Wildman–Crippen LogP) is 4.23. The van der Waals surface area contributed by atoms with Gasteiger partial charge in [0.05, 0.1) is 5.52 Å². The van der Waals surface area contributed by atoms with Crippen LogP contribution in [0.2, 0.25) is 0 Å². The van der Waals surface area contributed by atoms with Crippen molar-refractivity contribution < 1.29 is 9.18 Å². The number of benzene rings is 2. The molecule has 3 aromatic rings. The van der Waals surface area contributed by atoms with Gasteiger partial charge in [0.25, 0.3) is 0 Å². The number of nitrogens with one attached hydrogen (secondary N) is 2. The van der Waals surface area contributed by atoms with Crippen molar-refractivity contribution in [1.29, 1.82) is 0 Å². The van der Waals surface area contributed by atoms with E-state index in [1.165, 1.54) is 18.5 Å². The monoisotopic (exact) mass is 393 g/mol. The number of rotatable bonds is 8. The first-order valence-corrected chi connectivity index (χ1v) is 9.46. The lowest BCUT2D eigenvalue weighted by Gasteiger charge is -2.14. The molecule has 0 aliphatic rings. The van der Waals surface area contributed by atoms with E-state index < -0.39 is 0 Å². The lowest BCUT2D eigenvalue weighted by atomic mass is 10.0.